The maximum atomic E-state index is 13.1. The number of sulfonamides is 1. The van der Waals surface area contributed by atoms with E-state index < -0.39 is 10.0 Å². The maximum absolute atomic E-state index is 13.1. The predicted molar refractivity (Wildman–Crippen MR) is 132 cm³/mol. The molecule has 0 unspecified atom stereocenters. The average molecular weight is 479 g/mol. The fourth-order valence-electron chi connectivity index (χ4n) is 4.27. The predicted octanol–water partition coefficient (Wildman–Crippen LogP) is 3.97. The summed E-state index contributed by atoms with van der Waals surface area (Å²) in [6.45, 7) is 3.61. The zero-order valence-corrected chi connectivity index (χ0v) is 20.1. The number of hydrogen-bond acceptors (Lipinski definition) is 4. The molecular weight excluding hydrogens is 448 g/mol. The zero-order chi connectivity index (χ0) is 24.0. The van der Waals surface area contributed by atoms with Crippen LogP contribution in [-0.4, -0.2) is 51.5 Å². The van der Waals surface area contributed by atoms with Crippen LogP contribution in [0.1, 0.15) is 39.4 Å². The van der Waals surface area contributed by atoms with E-state index in [9.17, 15) is 13.2 Å². The smallest absolute Gasteiger partial charge is 0.251 e. The van der Waals surface area contributed by atoms with Crippen LogP contribution in [-0.2, 0) is 14.8 Å². The molecule has 0 spiro atoms. The first-order chi connectivity index (χ1) is 16.5. The molecule has 0 radical (unpaired) electrons. The van der Waals surface area contributed by atoms with Crippen molar-refractivity contribution >= 4 is 15.9 Å². The van der Waals surface area contributed by atoms with Gasteiger partial charge in [-0.1, -0.05) is 66.7 Å². The highest BCUT2D eigenvalue weighted by molar-refractivity contribution is 7.89. The van der Waals surface area contributed by atoms with E-state index in [4.69, 9.17) is 4.74 Å². The van der Waals surface area contributed by atoms with E-state index in [2.05, 4.69) is 29.6 Å². The van der Waals surface area contributed by atoms with E-state index >= 15 is 0 Å². The van der Waals surface area contributed by atoms with Crippen molar-refractivity contribution in [1.82, 2.24) is 9.62 Å². The molecule has 6 nitrogen and oxygen atoms in total. The van der Waals surface area contributed by atoms with E-state index in [0.717, 1.165) is 6.42 Å². The van der Waals surface area contributed by atoms with Gasteiger partial charge in [-0.25, -0.2) is 8.42 Å². The van der Waals surface area contributed by atoms with Crippen LogP contribution in [0.25, 0.3) is 0 Å². The lowest BCUT2D eigenvalue weighted by molar-refractivity contribution is 0.0730. The van der Waals surface area contributed by atoms with E-state index in [0.29, 0.717) is 44.0 Å². The van der Waals surface area contributed by atoms with Gasteiger partial charge in [0.15, 0.2) is 0 Å². The normalized spacial score (nSPS) is 14.8. The Morgan fingerprint density at radius 1 is 0.941 bits per heavy atom. The van der Waals surface area contributed by atoms with E-state index in [1.165, 1.54) is 21.5 Å². The van der Waals surface area contributed by atoms with Gasteiger partial charge >= 0.3 is 0 Å². The summed E-state index contributed by atoms with van der Waals surface area (Å²) in [5, 5.41) is 2.98. The standard InChI is InChI=1S/C27H30N2O4S/c1-21-12-13-24(20-26(21)34(31,32)29-16-18-33-19-17-29)27(30)28-15-14-25(22-8-4-2-5-9-22)23-10-6-3-7-11-23/h2-13,20,25H,14-19H2,1H3,(H,28,30). The molecular formula is C27H30N2O4S. The minimum Gasteiger partial charge on any atom is -0.379 e. The molecule has 1 aliphatic heterocycles. The largest absolute Gasteiger partial charge is 0.379 e. The Bertz CT molecular complexity index is 1170. The molecule has 7 heteroatoms. The number of nitrogens with zero attached hydrogens (tertiary/aromatic N) is 1. The van der Waals surface area contributed by atoms with Gasteiger partial charge in [0.05, 0.1) is 18.1 Å². The summed E-state index contributed by atoms with van der Waals surface area (Å²) >= 11 is 0. The van der Waals surface area contributed by atoms with Crippen molar-refractivity contribution < 1.29 is 17.9 Å². The number of carbonyl (C=O) groups excluding carboxylic acids is 1. The Hall–Kier alpha value is -3.00. The third-order valence-corrected chi connectivity index (χ3v) is 8.20. The molecule has 0 bridgehead atoms. The molecule has 3 aromatic rings. The lowest BCUT2D eigenvalue weighted by atomic mass is 9.88. The molecule has 0 atom stereocenters. The molecule has 1 N–H and O–H groups in total. The van der Waals surface area contributed by atoms with E-state index in [1.807, 2.05) is 36.4 Å². The van der Waals surface area contributed by atoms with Crippen molar-refractivity contribution in [1.29, 1.82) is 0 Å². The first-order valence-corrected chi connectivity index (χ1v) is 13.0. The SMILES string of the molecule is Cc1ccc(C(=O)NCCC(c2ccccc2)c2ccccc2)cc1S(=O)(=O)N1CCOCC1. The molecule has 1 heterocycles. The fraction of sp³-hybridized carbons (Fsp3) is 0.296. The van der Waals surface area contributed by atoms with Gasteiger partial charge < -0.3 is 10.1 Å². The third kappa shape index (κ3) is 5.55. The number of hydrogen-bond donors (Lipinski definition) is 1. The minimum absolute atomic E-state index is 0.151. The van der Waals surface area contributed by atoms with E-state index in [-0.39, 0.29) is 16.7 Å². The maximum Gasteiger partial charge on any atom is 0.251 e. The van der Waals surface area contributed by atoms with Gasteiger partial charge in [0.2, 0.25) is 10.0 Å². The highest BCUT2D eigenvalue weighted by Crippen LogP contribution is 2.27. The molecule has 0 aromatic heterocycles. The summed E-state index contributed by atoms with van der Waals surface area (Å²) in [5.74, 6) is -0.128. The molecule has 1 fully saturated rings. The van der Waals surface area contributed by atoms with Crippen LogP contribution in [0.3, 0.4) is 0 Å². The fourth-order valence-corrected chi connectivity index (χ4v) is 5.93. The Morgan fingerprint density at radius 2 is 1.53 bits per heavy atom. The van der Waals surface area contributed by atoms with Crippen LogP contribution >= 0.6 is 0 Å². The number of carbonyl (C=O) groups is 1. The third-order valence-electron chi connectivity index (χ3n) is 6.16. The van der Waals surface area contributed by atoms with Gasteiger partial charge in [-0.05, 0) is 42.2 Å². The van der Waals surface area contributed by atoms with Crippen molar-refractivity contribution in [3.8, 4) is 0 Å². The number of benzene rings is 3. The topological polar surface area (TPSA) is 75.7 Å². The van der Waals surface area contributed by atoms with Gasteiger partial charge in [-0.2, -0.15) is 4.31 Å². The van der Waals surface area contributed by atoms with Gasteiger partial charge in [-0.15, -0.1) is 0 Å². The number of nitrogens with one attached hydrogen (secondary N) is 1. The summed E-state index contributed by atoms with van der Waals surface area (Å²) in [4.78, 5) is 13.1. The van der Waals surface area contributed by atoms with Crippen LogP contribution in [0.15, 0.2) is 83.8 Å². The van der Waals surface area contributed by atoms with Crippen molar-refractivity contribution in [3.05, 3.63) is 101 Å². The van der Waals surface area contributed by atoms with Crippen molar-refractivity contribution in [2.24, 2.45) is 0 Å². The quantitative estimate of drug-likeness (QED) is 0.532. The molecule has 4 rings (SSSR count). The molecule has 1 aliphatic rings. The number of aryl methyl sites for hydroxylation is 1. The Balaban J connectivity index is 1.47. The van der Waals surface area contributed by atoms with Crippen molar-refractivity contribution in [2.75, 3.05) is 32.8 Å². The highest BCUT2D eigenvalue weighted by Gasteiger charge is 2.28. The molecule has 0 aliphatic carbocycles. The second-order valence-electron chi connectivity index (χ2n) is 8.42. The van der Waals surface area contributed by atoms with Gasteiger partial charge in [0, 0.05) is 31.1 Å². The Labute approximate surface area is 201 Å². The second-order valence-corrected chi connectivity index (χ2v) is 10.3. The van der Waals surface area contributed by atoms with Crippen LogP contribution in [0, 0.1) is 6.92 Å². The van der Waals surface area contributed by atoms with E-state index in [1.54, 1.807) is 19.1 Å². The lowest BCUT2D eigenvalue weighted by Crippen LogP contribution is -2.41. The van der Waals surface area contributed by atoms with Gasteiger partial charge in [0.1, 0.15) is 0 Å². The number of ether oxygens (including phenoxy) is 1. The summed E-state index contributed by atoms with van der Waals surface area (Å²) in [6.07, 6.45) is 0.727. The Kier molecular flexibility index (Phi) is 7.77. The minimum atomic E-state index is -3.68. The molecule has 34 heavy (non-hydrogen) atoms. The molecule has 3 aromatic carbocycles. The first kappa shape index (κ1) is 24.1. The van der Waals surface area contributed by atoms with Crippen LogP contribution in [0.4, 0.5) is 0 Å². The zero-order valence-electron chi connectivity index (χ0n) is 19.3. The summed E-state index contributed by atoms with van der Waals surface area (Å²) in [7, 11) is -3.68. The first-order valence-electron chi connectivity index (χ1n) is 11.5. The molecule has 178 valence electrons. The molecule has 0 saturated carbocycles. The Morgan fingerprint density at radius 3 is 2.12 bits per heavy atom. The number of morpholine rings is 1. The summed E-state index contributed by atoms with van der Waals surface area (Å²) in [6, 6.07) is 25.3. The van der Waals surface area contributed by atoms with Gasteiger partial charge in [0.25, 0.3) is 5.91 Å². The number of rotatable bonds is 8. The molecule has 1 saturated heterocycles. The average Bonchev–Trinajstić information content (AvgIpc) is 2.88. The highest BCUT2D eigenvalue weighted by atomic mass is 32.2. The van der Waals surface area contributed by atoms with Crippen molar-refractivity contribution in [3.63, 3.8) is 0 Å². The van der Waals surface area contributed by atoms with Crippen LogP contribution < -0.4 is 5.32 Å². The van der Waals surface area contributed by atoms with Crippen LogP contribution in [0.2, 0.25) is 0 Å². The summed E-state index contributed by atoms with van der Waals surface area (Å²) in [5.41, 5.74) is 3.35. The second kappa shape index (κ2) is 11.0. The number of amides is 1. The monoisotopic (exact) mass is 478 g/mol. The lowest BCUT2D eigenvalue weighted by Gasteiger charge is -2.26. The summed E-state index contributed by atoms with van der Waals surface area (Å²) < 4.78 is 33.0. The molecule has 1 amide bonds. The van der Waals surface area contributed by atoms with Gasteiger partial charge in [-0.3, -0.25) is 4.79 Å². The van der Waals surface area contributed by atoms with Crippen LogP contribution in [0.5, 0.6) is 0 Å². The van der Waals surface area contributed by atoms with Crippen molar-refractivity contribution in [2.45, 2.75) is 24.2 Å².